The molecule has 3 rings (SSSR count). The quantitative estimate of drug-likeness (QED) is 0.310. The number of aliphatic carboxylic acids is 3. The van der Waals surface area contributed by atoms with Crippen LogP contribution >= 0.6 is 11.6 Å². The highest BCUT2D eigenvalue weighted by Gasteiger charge is 2.20. The molecular formula is C25H27ClN2O6. The minimum Gasteiger partial charge on any atom is -0.478 e. The molecule has 0 unspecified atom stereocenters. The molecule has 0 bridgehead atoms. The number of fused-ring (bicyclic) bond motifs is 2. The van der Waals surface area contributed by atoms with E-state index in [1.807, 2.05) is 6.07 Å². The summed E-state index contributed by atoms with van der Waals surface area (Å²) in [5.41, 5.74) is 5.12. The topological polar surface area (TPSA) is 127 Å². The molecule has 1 aliphatic rings. The summed E-state index contributed by atoms with van der Waals surface area (Å²) in [6.45, 7) is 2.25. The summed E-state index contributed by atoms with van der Waals surface area (Å²) < 4.78 is 0. The summed E-state index contributed by atoms with van der Waals surface area (Å²) in [6.07, 6.45) is 6.89. The number of nitrogens with zero attached hydrogens (tertiary/aromatic N) is 1. The van der Waals surface area contributed by atoms with Gasteiger partial charge in [0.2, 0.25) is 0 Å². The number of aryl methyl sites for hydroxylation is 2. The van der Waals surface area contributed by atoms with E-state index >= 15 is 0 Å². The standard InChI is InChI=1S/C21H23ClN2O2.C4H4O4/c22-18-11-10-17-9-8-16-5-1-2-6-19(16)24(20(17)15-18)14-4-13-23-12-3-7-21(25)26;5-3(6)1-2-4(7)8/h1-3,5-7,10-11,15,23H,4,8-9,12-14H2,(H,25,26);1-2H,(H,5,6)(H,7,8)/b7-3+;2-1+. The summed E-state index contributed by atoms with van der Waals surface area (Å²) in [5.74, 6) is -3.43. The summed E-state index contributed by atoms with van der Waals surface area (Å²) in [6, 6.07) is 14.7. The van der Waals surface area contributed by atoms with Crippen molar-refractivity contribution in [3.63, 3.8) is 0 Å². The van der Waals surface area contributed by atoms with Gasteiger partial charge in [0.1, 0.15) is 0 Å². The van der Waals surface area contributed by atoms with Gasteiger partial charge in [0.25, 0.3) is 0 Å². The first-order chi connectivity index (χ1) is 16.3. The number of para-hydroxylation sites is 1. The zero-order chi connectivity index (χ0) is 24.9. The molecule has 2 aromatic carbocycles. The van der Waals surface area contributed by atoms with E-state index in [0.29, 0.717) is 18.7 Å². The van der Waals surface area contributed by atoms with Crippen molar-refractivity contribution in [2.45, 2.75) is 19.3 Å². The lowest BCUT2D eigenvalue weighted by Gasteiger charge is -2.27. The first-order valence-electron chi connectivity index (χ1n) is 10.7. The number of carbonyl (C=O) groups is 3. The minimum atomic E-state index is -1.26. The lowest BCUT2D eigenvalue weighted by atomic mass is 10.0. The van der Waals surface area contributed by atoms with Crippen LogP contribution in [0.1, 0.15) is 17.5 Å². The minimum absolute atomic E-state index is 0.558. The van der Waals surface area contributed by atoms with Crippen molar-refractivity contribution in [1.82, 2.24) is 5.32 Å². The second-order valence-electron chi connectivity index (χ2n) is 7.36. The van der Waals surface area contributed by atoms with E-state index in [0.717, 1.165) is 43.5 Å². The molecule has 0 aromatic heterocycles. The molecule has 0 radical (unpaired) electrons. The monoisotopic (exact) mass is 486 g/mol. The van der Waals surface area contributed by atoms with Gasteiger partial charge in [-0.05, 0) is 55.1 Å². The normalized spacial score (nSPS) is 12.4. The lowest BCUT2D eigenvalue weighted by Crippen LogP contribution is -2.24. The van der Waals surface area contributed by atoms with Crippen LogP contribution in [0.3, 0.4) is 0 Å². The maximum atomic E-state index is 10.5. The number of nitrogens with one attached hydrogen (secondary N) is 1. The molecule has 4 N–H and O–H groups in total. The molecular weight excluding hydrogens is 460 g/mol. The van der Waals surface area contributed by atoms with Gasteiger partial charge >= 0.3 is 17.9 Å². The van der Waals surface area contributed by atoms with E-state index < -0.39 is 17.9 Å². The SMILES string of the molecule is O=C(O)/C=C/C(=O)O.O=C(O)/C=C/CNCCCN1c2ccccc2CCc2ccc(Cl)cc21. The van der Waals surface area contributed by atoms with Gasteiger partial charge in [-0.15, -0.1) is 0 Å². The zero-order valence-corrected chi connectivity index (χ0v) is 19.2. The van der Waals surface area contributed by atoms with Crippen molar-refractivity contribution < 1.29 is 29.7 Å². The predicted molar refractivity (Wildman–Crippen MR) is 131 cm³/mol. The molecule has 1 aliphatic heterocycles. The maximum absolute atomic E-state index is 10.5. The molecule has 0 saturated carbocycles. The molecule has 0 fully saturated rings. The molecule has 0 aliphatic carbocycles. The Morgan fingerprint density at radius 3 is 2.15 bits per heavy atom. The van der Waals surface area contributed by atoms with Gasteiger partial charge in [-0.1, -0.05) is 41.9 Å². The Morgan fingerprint density at radius 2 is 1.50 bits per heavy atom. The van der Waals surface area contributed by atoms with Crippen LogP contribution in [0.15, 0.2) is 66.8 Å². The fourth-order valence-electron chi connectivity index (χ4n) is 3.48. The Labute approximate surface area is 202 Å². The smallest absolute Gasteiger partial charge is 0.328 e. The van der Waals surface area contributed by atoms with Crippen LogP contribution < -0.4 is 10.2 Å². The largest absolute Gasteiger partial charge is 0.478 e. The second kappa shape index (κ2) is 13.8. The fourth-order valence-corrected chi connectivity index (χ4v) is 3.64. The molecule has 0 amide bonds. The average Bonchev–Trinajstić information content (AvgIpc) is 2.94. The molecule has 0 spiro atoms. The van der Waals surface area contributed by atoms with Gasteiger partial charge in [-0.25, -0.2) is 14.4 Å². The van der Waals surface area contributed by atoms with Crippen LogP contribution in [0, 0.1) is 0 Å². The molecule has 9 heteroatoms. The van der Waals surface area contributed by atoms with Crippen LogP contribution in [0.4, 0.5) is 11.4 Å². The fraction of sp³-hybridized carbons (Fsp3) is 0.240. The van der Waals surface area contributed by atoms with E-state index in [4.69, 9.17) is 26.9 Å². The van der Waals surface area contributed by atoms with Gasteiger partial charge in [0, 0.05) is 47.7 Å². The van der Waals surface area contributed by atoms with Gasteiger partial charge in [-0.2, -0.15) is 0 Å². The molecule has 180 valence electrons. The summed E-state index contributed by atoms with van der Waals surface area (Å²) in [4.78, 5) is 31.9. The number of carboxylic acid groups (broad SMARTS) is 3. The average molecular weight is 487 g/mol. The highest BCUT2D eigenvalue weighted by atomic mass is 35.5. The number of benzene rings is 2. The number of rotatable bonds is 9. The number of hydrogen-bond donors (Lipinski definition) is 4. The molecule has 0 saturated heterocycles. The van der Waals surface area contributed by atoms with E-state index in [1.165, 1.54) is 22.5 Å². The molecule has 1 heterocycles. The van der Waals surface area contributed by atoms with Crippen LogP contribution in [0.25, 0.3) is 0 Å². The van der Waals surface area contributed by atoms with Crippen molar-refractivity contribution in [3.05, 3.63) is 82.9 Å². The van der Waals surface area contributed by atoms with Crippen LogP contribution in [0.2, 0.25) is 5.02 Å². The van der Waals surface area contributed by atoms with Crippen LogP contribution in [-0.2, 0) is 27.2 Å². The Kier molecular flexibility index (Phi) is 10.8. The summed E-state index contributed by atoms with van der Waals surface area (Å²) in [7, 11) is 0. The van der Waals surface area contributed by atoms with Gasteiger partial charge < -0.3 is 25.5 Å². The first-order valence-corrected chi connectivity index (χ1v) is 11.0. The van der Waals surface area contributed by atoms with Crippen LogP contribution in [0.5, 0.6) is 0 Å². The third-order valence-corrected chi connectivity index (χ3v) is 5.15. The summed E-state index contributed by atoms with van der Waals surface area (Å²) in [5, 5.41) is 28.2. The third-order valence-electron chi connectivity index (χ3n) is 4.91. The van der Waals surface area contributed by atoms with Crippen molar-refractivity contribution in [2.24, 2.45) is 0 Å². The Morgan fingerprint density at radius 1 is 0.882 bits per heavy atom. The van der Waals surface area contributed by atoms with E-state index in [9.17, 15) is 14.4 Å². The van der Waals surface area contributed by atoms with Crippen molar-refractivity contribution in [1.29, 1.82) is 0 Å². The highest BCUT2D eigenvalue weighted by Crippen LogP contribution is 2.37. The first kappa shape index (κ1) is 26.6. The third kappa shape index (κ3) is 9.09. The van der Waals surface area contributed by atoms with Gasteiger partial charge in [-0.3, -0.25) is 0 Å². The summed E-state index contributed by atoms with van der Waals surface area (Å²) >= 11 is 6.27. The van der Waals surface area contributed by atoms with Gasteiger partial charge in [0.15, 0.2) is 0 Å². The highest BCUT2D eigenvalue weighted by molar-refractivity contribution is 6.30. The Hall–Kier alpha value is -3.62. The van der Waals surface area contributed by atoms with Crippen molar-refractivity contribution in [2.75, 3.05) is 24.5 Å². The van der Waals surface area contributed by atoms with Crippen molar-refractivity contribution >= 4 is 40.9 Å². The zero-order valence-electron chi connectivity index (χ0n) is 18.5. The number of hydrogen-bond acceptors (Lipinski definition) is 5. The number of carboxylic acids is 3. The van der Waals surface area contributed by atoms with E-state index in [-0.39, 0.29) is 0 Å². The molecule has 8 nitrogen and oxygen atoms in total. The Balaban J connectivity index is 0.000000440. The predicted octanol–water partition coefficient (Wildman–Crippen LogP) is 3.91. The second-order valence-corrected chi connectivity index (χ2v) is 7.80. The molecule has 2 aromatic rings. The maximum Gasteiger partial charge on any atom is 0.328 e. The molecule has 0 atom stereocenters. The number of halogens is 1. The van der Waals surface area contributed by atoms with Crippen LogP contribution in [-0.4, -0.2) is 52.9 Å². The van der Waals surface area contributed by atoms with Crippen molar-refractivity contribution in [3.8, 4) is 0 Å². The Bertz CT molecular complexity index is 1050. The number of anilines is 2. The van der Waals surface area contributed by atoms with E-state index in [1.54, 1.807) is 6.08 Å². The lowest BCUT2D eigenvalue weighted by molar-refractivity contribution is -0.134. The van der Waals surface area contributed by atoms with Gasteiger partial charge in [0.05, 0.1) is 0 Å². The molecule has 34 heavy (non-hydrogen) atoms. The van der Waals surface area contributed by atoms with E-state index in [2.05, 4.69) is 46.6 Å².